The lowest BCUT2D eigenvalue weighted by Crippen LogP contribution is -2.62. The van der Waals surface area contributed by atoms with Crippen LogP contribution in [0.1, 0.15) is 64.0 Å². The molecule has 0 bridgehead atoms. The van der Waals surface area contributed by atoms with Crippen molar-refractivity contribution in [1.29, 1.82) is 0 Å². The van der Waals surface area contributed by atoms with Gasteiger partial charge in [-0.2, -0.15) is 0 Å². The van der Waals surface area contributed by atoms with Gasteiger partial charge in [0.1, 0.15) is 5.78 Å². The number of benzene rings is 1. The van der Waals surface area contributed by atoms with Crippen molar-refractivity contribution in [3.05, 3.63) is 35.9 Å². The molecule has 1 saturated carbocycles. The molecule has 0 heterocycles. The van der Waals surface area contributed by atoms with Crippen LogP contribution in [-0.4, -0.2) is 28.7 Å². The Hall–Kier alpha value is -1.81. The molecule has 3 atom stereocenters. The predicted molar refractivity (Wildman–Crippen MR) is 104 cm³/mol. The molecule has 0 saturated heterocycles. The normalized spacial score (nSPS) is 29.7. The highest BCUT2D eigenvalue weighted by Crippen LogP contribution is 2.59. The van der Waals surface area contributed by atoms with E-state index in [0.29, 0.717) is 31.4 Å². The second kappa shape index (κ2) is 7.83. The van der Waals surface area contributed by atoms with Crippen LogP contribution in [0.2, 0.25) is 0 Å². The smallest absolute Gasteiger partial charge is 0.164 e. The summed E-state index contributed by atoms with van der Waals surface area (Å²) in [5.74, 6) is 0.739. The highest BCUT2D eigenvalue weighted by molar-refractivity contribution is 5.82. The van der Waals surface area contributed by atoms with Gasteiger partial charge in [0, 0.05) is 23.8 Å². The molecule has 26 heavy (non-hydrogen) atoms. The summed E-state index contributed by atoms with van der Waals surface area (Å²) in [6, 6.07) is 3.54. The molecule has 4 heteroatoms. The monoisotopic (exact) mass is 360 g/mol. The van der Waals surface area contributed by atoms with Crippen molar-refractivity contribution in [1.82, 2.24) is 0 Å². The van der Waals surface area contributed by atoms with E-state index in [1.54, 1.807) is 6.07 Å². The molecule has 0 aromatic heterocycles. The van der Waals surface area contributed by atoms with Gasteiger partial charge in [-0.3, -0.25) is 4.79 Å². The van der Waals surface area contributed by atoms with Gasteiger partial charge in [0.15, 0.2) is 11.5 Å². The SMILES string of the molecule is C=CCC.CC[C@]12CC(=O)CC[C@@]1(O)[C@H](C)Cc1ccc(O)c(OC)c12. The molecule has 144 valence electrons. The first kappa shape index (κ1) is 20.5. The zero-order chi connectivity index (χ0) is 19.5. The first-order chi connectivity index (χ1) is 12.3. The molecule has 3 rings (SSSR count). The highest BCUT2D eigenvalue weighted by atomic mass is 16.5. The lowest BCUT2D eigenvalue weighted by molar-refractivity contribution is -0.147. The predicted octanol–water partition coefficient (Wildman–Crippen LogP) is 4.31. The quantitative estimate of drug-likeness (QED) is 0.789. The zero-order valence-corrected chi connectivity index (χ0v) is 16.5. The Morgan fingerprint density at radius 1 is 1.38 bits per heavy atom. The average molecular weight is 360 g/mol. The highest BCUT2D eigenvalue weighted by Gasteiger charge is 2.60. The summed E-state index contributed by atoms with van der Waals surface area (Å²) in [7, 11) is 1.53. The van der Waals surface area contributed by atoms with Gasteiger partial charge in [0.2, 0.25) is 0 Å². The number of Topliss-reactive ketones (excluding diaryl/α,β-unsaturated/α-hetero) is 1. The second-order valence-electron chi connectivity index (χ2n) is 7.53. The second-order valence-corrected chi connectivity index (χ2v) is 7.53. The van der Waals surface area contributed by atoms with Gasteiger partial charge in [-0.05, 0) is 43.2 Å². The lowest BCUT2D eigenvalue weighted by atomic mass is 9.50. The summed E-state index contributed by atoms with van der Waals surface area (Å²) < 4.78 is 5.46. The van der Waals surface area contributed by atoms with Crippen LogP contribution in [0.5, 0.6) is 11.5 Å². The lowest BCUT2D eigenvalue weighted by Gasteiger charge is -2.57. The molecule has 2 aliphatic carbocycles. The molecule has 2 aliphatic rings. The molecule has 4 nitrogen and oxygen atoms in total. The molecule has 0 aliphatic heterocycles. The number of ketones is 1. The maximum atomic E-state index is 12.2. The van der Waals surface area contributed by atoms with Gasteiger partial charge in [0.05, 0.1) is 12.7 Å². The van der Waals surface area contributed by atoms with Gasteiger partial charge in [-0.25, -0.2) is 0 Å². The minimum atomic E-state index is -0.927. The number of aromatic hydroxyl groups is 1. The fraction of sp³-hybridized carbons (Fsp3) is 0.591. The number of methoxy groups -OCH3 is 1. The summed E-state index contributed by atoms with van der Waals surface area (Å²) in [5.41, 5.74) is 0.318. The Morgan fingerprint density at radius 3 is 2.58 bits per heavy atom. The summed E-state index contributed by atoms with van der Waals surface area (Å²) in [6.45, 7) is 9.61. The minimum Gasteiger partial charge on any atom is -0.504 e. The molecule has 1 fully saturated rings. The number of hydrogen-bond donors (Lipinski definition) is 2. The van der Waals surface area contributed by atoms with Crippen LogP contribution < -0.4 is 4.74 Å². The topological polar surface area (TPSA) is 66.8 Å². The van der Waals surface area contributed by atoms with E-state index in [9.17, 15) is 15.0 Å². The molecule has 0 amide bonds. The number of phenols is 1. The molecule has 0 radical (unpaired) electrons. The third-order valence-electron chi connectivity index (χ3n) is 6.25. The van der Waals surface area contributed by atoms with Gasteiger partial charge in [-0.1, -0.05) is 32.9 Å². The third-order valence-corrected chi connectivity index (χ3v) is 6.25. The number of allylic oxidation sites excluding steroid dienone is 1. The van der Waals surface area contributed by atoms with Crippen molar-refractivity contribution in [2.75, 3.05) is 7.11 Å². The van der Waals surface area contributed by atoms with Crippen molar-refractivity contribution in [3.8, 4) is 11.5 Å². The van der Waals surface area contributed by atoms with E-state index in [0.717, 1.165) is 24.0 Å². The molecule has 1 aromatic rings. The number of carbonyl (C=O) groups is 1. The number of fused-ring (bicyclic) bond motifs is 3. The zero-order valence-electron chi connectivity index (χ0n) is 16.5. The van der Waals surface area contributed by atoms with Crippen molar-refractivity contribution in [3.63, 3.8) is 0 Å². The first-order valence-corrected chi connectivity index (χ1v) is 9.55. The van der Waals surface area contributed by atoms with Gasteiger partial charge >= 0.3 is 0 Å². The van der Waals surface area contributed by atoms with E-state index < -0.39 is 11.0 Å². The summed E-state index contributed by atoms with van der Waals surface area (Å²) >= 11 is 0. The van der Waals surface area contributed by atoms with Crippen molar-refractivity contribution >= 4 is 5.78 Å². The summed E-state index contributed by atoms with van der Waals surface area (Å²) in [4.78, 5) is 12.2. The molecule has 1 aromatic carbocycles. The van der Waals surface area contributed by atoms with Crippen molar-refractivity contribution in [2.45, 2.75) is 70.3 Å². The summed E-state index contributed by atoms with van der Waals surface area (Å²) in [5, 5.41) is 21.7. The summed E-state index contributed by atoms with van der Waals surface area (Å²) in [6.07, 6.45) is 5.57. The molecular formula is C22H32O4. The number of rotatable bonds is 3. The third kappa shape index (κ3) is 3.05. The standard InChI is InChI=1S/C18H24O4.C4H8/c1-4-17-10-13(19)7-8-18(17,21)11(2)9-12-5-6-14(20)16(22-3)15(12)17;1-3-4-2/h5-6,11,20-21H,4,7-10H2,1-3H3;3H,1,4H2,2H3/t11-,17-,18-;/m1./s1. The van der Waals surface area contributed by atoms with Crippen LogP contribution in [-0.2, 0) is 16.6 Å². The van der Waals surface area contributed by atoms with Gasteiger partial charge in [0.25, 0.3) is 0 Å². The van der Waals surface area contributed by atoms with Crippen LogP contribution >= 0.6 is 0 Å². The maximum absolute atomic E-state index is 12.2. The van der Waals surface area contributed by atoms with E-state index in [1.807, 2.05) is 19.1 Å². The van der Waals surface area contributed by atoms with Crippen LogP contribution in [0.15, 0.2) is 24.8 Å². The Kier molecular flexibility index (Phi) is 6.17. The molecule has 2 N–H and O–H groups in total. The fourth-order valence-electron chi connectivity index (χ4n) is 4.79. The number of hydrogen-bond acceptors (Lipinski definition) is 4. The largest absolute Gasteiger partial charge is 0.504 e. The average Bonchev–Trinajstić information content (AvgIpc) is 2.64. The number of phenolic OH excluding ortho intramolecular Hbond substituents is 1. The number of carbonyl (C=O) groups excluding carboxylic acids is 1. The molecular weight excluding hydrogens is 328 g/mol. The van der Waals surface area contributed by atoms with Crippen molar-refractivity contribution < 1.29 is 19.7 Å². The Balaban J connectivity index is 0.000000552. The van der Waals surface area contributed by atoms with Crippen LogP contribution in [0, 0.1) is 5.92 Å². The Labute approximate surface area is 156 Å². The van der Waals surface area contributed by atoms with Crippen molar-refractivity contribution in [2.24, 2.45) is 5.92 Å². The van der Waals surface area contributed by atoms with Crippen LogP contribution in [0.4, 0.5) is 0 Å². The van der Waals surface area contributed by atoms with Crippen LogP contribution in [0.3, 0.4) is 0 Å². The molecule has 0 spiro atoms. The van der Waals surface area contributed by atoms with E-state index >= 15 is 0 Å². The van der Waals surface area contributed by atoms with Gasteiger partial charge in [-0.15, -0.1) is 6.58 Å². The Bertz CT molecular complexity index is 681. The van der Waals surface area contributed by atoms with Gasteiger partial charge < -0.3 is 14.9 Å². The van der Waals surface area contributed by atoms with E-state index in [1.165, 1.54) is 7.11 Å². The fourth-order valence-corrected chi connectivity index (χ4v) is 4.79. The van der Waals surface area contributed by atoms with E-state index in [-0.39, 0.29) is 17.5 Å². The Morgan fingerprint density at radius 2 is 2.04 bits per heavy atom. The maximum Gasteiger partial charge on any atom is 0.164 e. The van der Waals surface area contributed by atoms with Crippen LogP contribution in [0.25, 0.3) is 0 Å². The first-order valence-electron chi connectivity index (χ1n) is 9.55. The minimum absolute atomic E-state index is 0.0716. The number of ether oxygens (including phenoxy) is 1. The van der Waals surface area contributed by atoms with E-state index in [2.05, 4.69) is 20.4 Å². The number of aliphatic hydroxyl groups is 1. The van der Waals surface area contributed by atoms with E-state index in [4.69, 9.17) is 4.74 Å². The molecule has 0 unspecified atom stereocenters.